The summed E-state index contributed by atoms with van der Waals surface area (Å²) in [5, 5.41) is 2.65. The zero-order chi connectivity index (χ0) is 12.0. The number of allylic oxidation sites excluding steroid dienone is 1. The van der Waals surface area contributed by atoms with Crippen LogP contribution in [-0.2, 0) is 14.3 Å². The number of primary amides is 1. The molecule has 5 nitrogen and oxygen atoms in total. The molecule has 0 unspecified atom stereocenters. The first-order valence-electron chi connectivity index (χ1n) is 5.43. The molecule has 0 aromatic heterocycles. The Bertz CT molecular complexity index is 272. The Morgan fingerprint density at radius 3 is 2.88 bits per heavy atom. The molecule has 0 radical (unpaired) electrons. The molecule has 5 heteroatoms. The fourth-order valence-electron chi connectivity index (χ4n) is 1.60. The molecule has 3 N–H and O–H groups in total. The lowest BCUT2D eigenvalue weighted by molar-refractivity contribution is -0.130. The number of carbonyl (C=O) groups excluding carboxylic acids is 2. The lowest BCUT2D eigenvalue weighted by Crippen LogP contribution is -2.46. The van der Waals surface area contributed by atoms with Gasteiger partial charge in [0.25, 0.3) is 0 Å². The first-order chi connectivity index (χ1) is 7.65. The Balaban J connectivity index is 2.43. The van der Waals surface area contributed by atoms with Crippen LogP contribution in [0.15, 0.2) is 12.7 Å². The SMILES string of the molecule is C=CCC[C@H](NC(=O)[C@@H]1CCOC1)C(N)=O. The minimum atomic E-state index is -0.605. The van der Waals surface area contributed by atoms with Gasteiger partial charge in [0.05, 0.1) is 12.5 Å². The highest BCUT2D eigenvalue weighted by atomic mass is 16.5. The molecule has 90 valence electrons. The standard InChI is InChI=1S/C11H18N2O3/c1-2-3-4-9(10(12)14)13-11(15)8-5-6-16-7-8/h2,8-9H,1,3-7H2,(H2,12,14)(H,13,15)/t8-,9+/m1/s1. The number of nitrogens with two attached hydrogens (primary N) is 1. The van der Waals surface area contributed by atoms with Gasteiger partial charge in [-0.2, -0.15) is 0 Å². The van der Waals surface area contributed by atoms with E-state index in [0.29, 0.717) is 32.5 Å². The highest BCUT2D eigenvalue weighted by molar-refractivity contribution is 5.87. The average Bonchev–Trinajstić information content (AvgIpc) is 2.76. The first-order valence-corrected chi connectivity index (χ1v) is 5.43. The normalized spacial score (nSPS) is 21.4. The third-order valence-electron chi connectivity index (χ3n) is 2.62. The molecule has 0 aliphatic carbocycles. The van der Waals surface area contributed by atoms with Gasteiger partial charge in [0.2, 0.25) is 11.8 Å². The summed E-state index contributed by atoms with van der Waals surface area (Å²) in [5.41, 5.74) is 5.21. The Morgan fingerprint density at radius 1 is 1.62 bits per heavy atom. The van der Waals surface area contributed by atoms with Gasteiger partial charge in [0.15, 0.2) is 0 Å². The van der Waals surface area contributed by atoms with Crippen molar-refractivity contribution >= 4 is 11.8 Å². The van der Waals surface area contributed by atoms with Crippen molar-refractivity contribution in [3.8, 4) is 0 Å². The predicted octanol–water partition coefficient (Wildman–Crippen LogP) is -0.0408. The van der Waals surface area contributed by atoms with E-state index in [9.17, 15) is 9.59 Å². The largest absolute Gasteiger partial charge is 0.381 e. The summed E-state index contributed by atoms with van der Waals surface area (Å²) in [5.74, 6) is -0.801. The predicted molar refractivity (Wildman–Crippen MR) is 59.5 cm³/mol. The summed E-state index contributed by atoms with van der Waals surface area (Å²) in [6.07, 6.45) is 3.55. The van der Waals surface area contributed by atoms with E-state index in [1.807, 2.05) is 0 Å². The molecule has 1 heterocycles. The van der Waals surface area contributed by atoms with Crippen molar-refractivity contribution in [3.05, 3.63) is 12.7 Å². The van der Waals surface area contributed by atoms with Crippen LogP contribution >= 0.6 is 0 Å². The molecule has 0 saturated carbocycles. The number of ether oxygens (including phenoxy) is 1. The molecule has 2 amide bonds. The molecular formula is C11H18N2O3. The van der Waals surface area contributed by atoms with Crippen LogP contribution in [0.4, 0.5) is 0 Å². The van der Waals surface area contributed by atoms with Gasteiger partial charge >= 0.3 is 0 Å². The summed E-state index contributed by atoms with van der Waals surface area (Å²) in [6, 6.07) is -0.605. The minimum Gasteiger partial charge on any atom is -0.381 e. The van der Waals surface area contributed by atoms with Crippen LogP contribution in [0.25, 0.3) is 0 Å². The van der Waals surface area contributed by atoms with E-state index in [1.165, 1.54) is 0 Å². The molecule has 2 atom stereocenters. The Labute approximate surface area is 95.0 Å². The lowest BCUT2D eigenvalue weighted by atomic mass is 10.1. The van der Waals surface area contributed by atoms with Crippen molar-refractivity contribution in [1.82, 2.24) is 5.32 Å². The summed E-state index contributed by atoms with van der Waals surface area (Å²) >= 11 is 0. The van der Waals surface area contributed by atoms with Crippen LogP contribution < -0.4 is 11.1 Å². The third kappa shape index (κ3) is 3.66. The lowest BCUT2D eigenvalue weighted by Gasteiger charge is -2.16. The molecule has 0 spiro atoms. The van der Waals surface area contributed by atoms with Crippen molar-refractivity contribution < 1.29 is 14.3 Å². The van der Waals surface area contributed by atoms with E-state index in [1.54, 1.807) is 6.08 Å². The molecule has 1 rings (SSSR count). The number of rotatable bonds is 6. The Kier molecular flexibility index (Phi) is 4.98. The van der Waals surface area contributed by atoms with E-state index >= 15 is 0 Å². The Morgan fingerprint density at radius 2 is 2.38 bits per heavy atom. The van der Waals surface area contributed by atoms with E-state index in [4.69, 9.17) is 10.5 Å². The third-order valence-corrected chi connectivity index (χ3v) is 2.62. The first kappa shape index (κ1) is 12.7. The van der Waals surface area contributed by atoms with Crippen LogP contribution in [0, 0.1) is 5.92 Å². The molecule has 16 heavy (non-hydrogen) atoms. The fourth-order valence-corrected chi connectivity index (χ4v) is 1.60. The summed E-state index contributed by atoms with van der Waals surface area (Å²) < 4.78 is 5.11. The van der Waals surface area contributed by atoms with Crippen LogP contribution in [0.1, 0.15) is 19.3 Å². The number of amides is 2. The van der Waals surface area contributed by atoms with Crippen molar-refractivity contribution in [2.75, 3.05) is 13.2 Å². The van der Waals surface area contributed by atoms with Gasteiger partial charge in [-0.15, -0.1) is 6.58 Å². The quantitative estimate of drug-likeness (QED) is 0.623. The number of hydrogen-bond donors (Lipinski definition) is 2. The van der Waals surface area contributed by atoms with E-state index < -0.39 is 11.9 Å². The number of nitrogens with one attached hydrogen (secondary N) is 1. The molecule has 1 aliphatic rings. The van der Waals surface area contributed by atoms with Crippen LogP contribution in [0.5, 0.6) is 0 Å². The van der Waals surface area contributed by atoms with Crippen molar-refractivity contribution in [2.45, 2.75) is 25.3 Å². The second-order valence-corrected chi connectivity index (χ2v) is 3.89. The molecule has 0 aromatic rings. The minimum absolute atomic E-state index is 0.148. The van der Waals surface area contributed by atoms with E-state index in [0.717, 1.165) is 0 Å². The zero-order valence-electron chi connectivity index (χ0n) is 9.28. The number of hydrogen-bond acceptors (Lipinski definition) is 3. The van der Waals surface area contributed by atoms with Gasteiger partial charge in [0.1, 0.15) is 6.04 Å². The maximum absolute atomic E-state index is 11.7. The second-order valence-electron chi connectivity index (χ2n) is 3.89. The maximum Gasteiger partial charge on any atom is 0.240 e. The average molecular weight is 226 g/mol. The zero-order valence-corrected chi connectivity index (χ0v) is 9.28. The number of carbonyl (C=O) groups is 2. The molecular weight excluding hydrogens is 208 g/mol. The van der Waals surface area contributed by atoms with Gasteiger partial charge in [-0.3, -0.25) is 9.59 Å². The Hall–Kier alpha value is -1.36. The van der Waals surface area contributed by atoms with Crippen molar-refractivity contribution in [2.24, 2.45) is 11.7 Å². The molecule has 0 aromatic carbocycles. The summed E-state index contributed by atoms with van der Waals surface area (Å²) in [6.45, 7) is 4.60. The molecule has 1 fully saturated rings. The summed E-state index contributed by atoms with van der Waals surface area (Å²) in [4.78, 5) is 22.8. The van der Waals surface area contributed by atoms with Crippen LogP contribution in [0.3, 0.4) is 0 Å². The second kappa shape index (κ2) is 6.27. The van der Waals surface area contributed by atoms with Gasteiger partial charge in [-0.25, -0.2) is 0 Å². The van der Waals surface area contributed by atoms with Crippen LogP contribution in [0.2, 0.25) is 0 Å². The molecule has 1 saturated heterocycles. The highest BCUT2D eigenvalue weighted by Crippen LogP contribution is 2.12. The van der Waals surface area contributed by atoms with Gasteiger partial charge in [0, 0.05) is 6.61 Å². The van der Waals surface area contributed by atoms with E-state index in [2.05, 4.69) is 11.9 Å². The van der Waals surface area contributed by atoms with Gasteiger partial charge < -0.3 is 15.8 Å². The molecule has 0 bridgehead atoms. The topological polar surface area (TPSA) is 81.4 Å². The van der Waals surface area contributed by atoms with Crippen LogP contribution in [-0.4, -0.2) is 31.1 Å². The van der Waals surface area contributed by atoms with E-state index in [-0.39, 0.29) is 11.8 Å². The van der Waals surface area contributed by atoms with Crippen molar-refractivity contribution in [3.63, 3.8) is 0 Å². The molecule has 1 aliphatic heterocycles. The smallest absolute Gasteiger partial charge is 0.240 e. The summed E-state index contributed by atoms with van der Waals surface area (Å²) in [7, 11) is 0. The fraction of sp³-hybridized carbons (Fsp3) is 0.636. The maximum atomic E-state index is 11.7. The highest BCUT2D eigenvalue weighted by Gasteiger charge is 2.26. The monoisotopic (exact) mass is 226 g/mol. The van der Waals surface area contributed by atoms with Crippen molar-refractivity contribution in [1.29, 1.82) is 0 Å². The van der Waals surface area contributed by atoms with Gasteiger partial charge in [-0.05, 0) is 19.3 Å². The van der Waals surface area contributed by atoms with Gasteiger partial charge in [-0.1, -0.05) is 6.08 Å².